The van der Waals surface area contributed by atoms with Crippen molar-refractivity contribution in [3.63, 3.8) is 0 Å². The molecule has 7 nitrogen and oxygen atoms in total. The number of anilines is 1. The third kappa shape index (κ3) is 7.68. The van der Waals surface area contributed by atoms with E-state index in [1.807, 2.05) is 40.9 Å². The summed E-state index contributed by atoms with van der Waals surface area (Å²) in [4.78, 5) is 4.89. The highest BCUT2D eigenvalue weighted by molar-refractivity contribution is 7.80. The molecule has 0 amide bonds. The molecule has 1 aliphatic heterocycles. The van der Waals surface area contributed by atoms with Gasteiger partial charge in [0.15, 0.2) is 10.8 Å². The lowest BCUT2D eigenvalue weighted by molar-refractivity contribution is 0.270. The molecule has 0 atom stereocenters. The van der Waals surface area contributed by atoms with Crippen LogP contribution in [0.2, 0.25) is 0 Å². The van der Waals surface area contributed by atoms with Gasteiger partial charge in [-0.3, -0.25) is 4.40 Å². The van der Waals surface area contributed by atoms with Crippen molar-refractivity contribution in [2.45, 2.75) is 12.1 Å². The van der Waals surface area contributed by atoms with Crippen LogP contribution >= 0.6 is 49.8 Å². The van der Waals surface area contributed by atoms with E-state index in [1.165, 1.54) is 5.69 Å². The first-order valence-electron chi connectivity index (χ1n) is 8.82. The zero-order valence-corrected chi connectivity index (χ0v) is 20.3. The minimum absolute atomic E-state index is 0. The maximum atomic E-state index is 5.40. The number of piperazine rings is 1. The predicted octanol–water partition coefficient (Wildman–Crippen LogP) is 3.30. The average molecular weight is 499 g/mol. The fourth-order valence-electron chi connectivity index (χ4n) is 3.02. The number of aromatic nitrogens is 3. The zero-order chi connectivity index (χ0) is 18.4. The molecule has 1 aromatic carbocycles. The summed E-state index contributed by atoms with van der Waals surface area (Å²) >= 11 is 4.09. The van der Waals surface area contributed by atoms with Crippen LogP contribution in [-0.4, -0.2) is 64.8 Å². The lowest BCUT2D eigenvalue weighted by atomic mass is 10.2. The van der Waals surface area contributed by atoms with Crippen LogP contribution in [0.1, 0.15) is 6.92 Å². The van der Waals surface area contributed by atoms with E-state index in [0.717, 1.165) is 44.1 Å². The Morgan fingerprint density at radius 3 is 2.17 bits per heavy atom. The van der Waals surface area contributed by atoms with E-state index in [-0.39, 0.29) is 42.7 Å². The fourth-order valence-corrected chi connectivity index (χ4v) is 3.24. The van der Waals surface area contributed by atoms with Gasteiger partial charge < -0.3 is 20.0 Å². The van der Waals surface area contributed by atoms with Gasteiger partial charge in [-0.1, -0.05) is 25.1 Å². The van der Waals surface area contributed by atoms with Crippen molar-refractivity contribution >= 4 is 61.2 Å². The second-order valence-corrected chi connectivity index (χ2v) is 6.42. The predicted molar refractivity (Wildman–Crippen MR) is 133 cm³/mol. The van der Waals surface area contributed by atoms with Gasteiger partial charge in [0.25, 0.3) is 0 Å². The van der Waals surface area contributed by atoms with E-state index in [1.54, 1.807) is 7.11 Å². The van der Waals surface area contributed by atoms with Gasteiger partial charge in [-0.2, -0.15) is 0 Å². The van der Waals surface area contributed by atoms with Gasteiger partial charge in [-0.25, -0.2) is 0 Å². The maximum Gasteiger partial charge on any atom is 0.192 e. The number of rotatable bonds is 3. The Kier molecular flexibility index (Phi) is 15.8. The number of halogens is 3. The highest BCUT2D eigenvalue weighted by Crippen LogP contribution is 2.28. The largest absolute Gasteiger partial charge is 0.495 e. The molecule has 0 radical (unpaired) electrons. The molecule has 0 aliphatic carbocycles. The molecule has 1 aliphatic rings. The molecule has 2 aromatic heterocycles. The number of fused-ring (bicyclic) bond motifs is 1. The number of hydrogen-bond donors (Lipinski definition) is 1. The minimum Gasteiger partial charge on any atom is -0.495 e. The molecular weight excluding hydrogens is 469 g/mol. The monoisotopic (exact) mass is 497 g/mol. The van der Waals surface area contributed by atoms with Crippen LogP contribution < -0.4 is 9.64 Å². The topological polar surface area (TPSA) is 77.4 Å². The highest BCUT2D eigenvalue weighted by atomic mass is 35.5. The standard InChI is InChI=1S/C13H20N2O.C6H5N3S.3ClH.H2O/c1-3-14-8-10-15(11-9-14)12-6-4-5-7-13(12)16-2;10-6-8-7-5-3-1-2-4-9(5)6;;;;/h4-7H,3,8-11H2,1-2H3;1-4H,(H,8,10);3*1H;1H2. The summed E-state index contributed by atoms with van der Waals surface area (Å²) in [5.74, 6) is 0.979. The van der Waals surface area contributed by atoms with Crippen molar-refractivity contribution < 1.29 is 10.2 Å². The lowest BCUT2D eigenvalue weighted by Gasteiger charge is -2.36. The molecule has 30 heavy (non-hydrogen) atoms. The molecule has 1 saturated heterocycles. The van der Waals surface area contributed by atoms with Crippen molar-refractivity contribution in [1.82, 2.24) is 19.5 Å². The quantitative estimate of drug-likeness (QED) is 0.561. The smallest absolute Gasteiger partial charge is 0.192 e. The Balaban J connectivity index is 0. The van der Waals surface area contributed by atoms with Gasteiger partial charge in [0.05, 0.1) is 12.8 Å². The van der Waals surface area contributed by atoms with E-state index in [2.05, 4.69) is 51.7 Å². The summed E-state index contributed by atoms with van der Waals surface area (Å²) in [5, 5.41) is 8.25. The summed E-state index contributed by atoms with van der Waals surface area (Å²) in [7, 11) is 1.74. The van der Waals surface area contributed by atoms with Gasteiger partial charge in [0, 0.05) is 32.4 Å². The van der Waals surface area contributed by atoms with Gasteiger partial charge >= 0.3 is 0 Å². The van der Waals surface area contributed by atoms with Gasteiger partial charge in [-0.05, 0) is 30.8 Å². The average Bonchev–Trinajstić information content (AvgIpc) is 3.10. The maximum absolute atomic E-state index is 5.40. The summed E-state index contributed by atoms with van der Waals surface area (Å²) in [6.07, 6.45) is 1.87. The zero-order valence-electron chi connectivity index (χ0n) is 17.0. The summed E-state index contributed by atoms with van der Waals surface area (Å²) < 4.78 is 7.21. The molecular formula is C19H30Cl3N5O2S. The number of pyridine rings is 1. The van der Waals surface area contributed by atoms with Crippen LogP contribution in [0.4, 0.5) is 5.69 Å². The highest BCUT2D eigenvalue weighted by Gasteiger charge is 2.17. The SMILES string of the molecule is CCN1CCN(c2ccccc2OC)CC1.Cl.Cl.Cl.O.Sc1nnc2ccccn12. The number of likely N-dealkylation sites (N-methyl/N-ethyl adjacent to an activating group) is 1. The van der Waals surface area contributed by atoms with Crippen LogP contribution in [0.3, 0.4) is 0 Å². The van der Waals surface area contributed by atoms with Crippen LogP contribution in [0.25, 0.3) is 5.65 Å². The van der Waals surface area contributed by atoms with E-state index in [9.17, 15) is 0 Å². The molecule has 2 N–H and O–H groups in total. The number of methoxy groups -OCH3 is 1. The van der Waals surface area contributed by atoms with Crippen LogP contribution in [-0.2, 0) is 0 Å². The fraction of sp³-hybridized carbons (Fsp3) is 0.368. The first kappa shape index (κ1) is 30.8. The molecule has 0 bridgehead atoms. The molecule has 4 rings (SSSR count). The summed E-state index contributed by atoms with van der Waals surface area (Å²) in [6, 6.07) is 14.0. The number of ether oxygens (including phenoxy) is 1. The second kappa shape index (κ2) is 15.4. The van der Waals surface area contributed by atoms with Crippen molar-refractivity contribution in [1.29, 1.82) is 0 Å². The molecule has 11 heteroatoms. The normalized spacial score (nSPS) is 12.8. The van der Waals surface area contributed by atoms with Crippen molar-refractivity contribution in [3.05, 3.63) is 48.7 Å². The van der Waals surface area contributed by atoms with Gasteiger partial charge in [-0.15, -0.1) is 60.0 Å². The summed E-state index contributed by atoms with van der Waals surface area (Å²) in [5.41, 5.74) is 2.05. The first-order valence-corrected chi connectivity index (χ1v) is 9.26. The molecule has 3 aromatic rings. The molecule has 170 valence electrons. The number of benzene rings is 1. The Morgan fingerprint density at radius 1 is 0.933 bits per heavy atom. The van der Waals surface area contributed by atoms with Crippen LogP contribution in [0.15, 0.2) is 53.8 Å². The van der Waals surface area contributed by atoms with E-state index < -0.39 is 0 Å². The Hall–Kier alpha value is -1.42. The van der Waals surface area contributed by atoms with Crippen LogP contribution in [0.5, 0.6) is 5.75 Å². The number of thiol groups is 1. The molecule has 0 unspecified atom stereocenters. The van der Waals surface area contributed by atoms with E-state index in [0.29, 0.717) is 5.16 Å². The number of hydrogen-bond acceptors (Lipinski definition) is 6. The molecule has 1 fully saturated rings. The Bertz CT molecular complexity index is 848. The van der Waals surface area contributed by atoms with Crippen molar-refractivity contribution in [2.24, 2.45) is 0 Å². The first-order chi connectivity index (χ1) is 12.7. The molecule has 3 heterocycles. The second-order valence-electron chi connectivity index (χ2n) is 6.02. The van der Waals surface area contributed by atoms with Crippen molar-refractivity contribution in [3.8, 4) is 5.75 Å². The van der Waals surface area contributed by atoms with Crippen LogP contribution in [0, 0.1) is 0 Å². The Morgan fingerprint density at radius 2 is 1.57 bits per heavy atom. The van der Waals surface area contributed by atoms with Gasteiger partial charge in [0.2, 0.25) is 0 Å². The third-order valence-electron chi connectivity index (χ3n) is 4.54. The van der Waals surface area contributed by atoms with Crippen molar-refractivity contribution in [2.75, 3.05) is 44.7 Å². The van der Waals surface area contributed by atoms with E-state index in [4.69, 9.17) is 4.74 Å². The molecule has 0 spiro atoms. The lowest BCUT2D eigenvalue weighted by Crippen LogP contribution is -2.46. The number of nitrogens with zero attached hydrogens (tertiary/aromatic N) is 5. The minimum atomic E-state index is 0. The summed E-state index contributed by atoms with van der Waals surface area (Å²) in [6.45, 7) is 7.85. The number of para-hydroxylation sites is 2. The van der Waals surface area contributed by atoms with E-state index >= 15 is 0 Å². The van der Waals surface area contributed by atoms with Gasteiger partial charge in [0.1, 0.15) is 5.75 Å². The molecule has 0 saturated carbocycles. The third-order valence-corrected chi connectivity index (χ3v) is 4.85. The Labute approximate surface area is 201 Å².